The van der Waals surface area contributed by atoms with Gasteiger partial charge < -0.3 is 10.4 Å². The summed E-state index contributed by atoms with van der Waals surface area (Å²) < 4.78 is 0. The monoisotopic (exact) mass is 292 g/mol. The van der Waals surface area contributed by atoms with Gasteiger partial charge in [0.1, 0.15) is 0 Å². The van der Waals surface area contributed by atoms with E-state index in [1.54, 1.807) is 6.07 Å². The summed E-state index contributed by atoms with van der Waals surface area (Å²) in [6, 6.07) is 14.7. The summed E-state index contributed by atoms with van der Waals surface area (Å²) in [5.41, 5.74) is 0.563. The number of carbonyl (C=O) groups is 2. The van der Waals surface area contributed by atoms with Crippen LogP contribution < -0.4 is 5.32 Å². The second kappa shape index (κ2) is 5.65. The molecule has 2 aromatic carbocycles. The van der Waals surface area contributed by atoms with Gasteiger partial charge in [0.2, 0.25) is 0 Å². The highest BCUT2D eigenvalue weighted by atomic mass is 16.4. The first kappa shape index (κ1) is 13.8. The van der Waals surface area contributed by atoms with E-state index in [9.17, 15) is 9.59 Å². The minimum atomic E-state index is -1.18. The van der Waals surface area contributed by atoms with Crippen LogP contribution in [0.1, 0.15) is 20.7 Å². The van der Waals surface area contributed by atoms with Gasteiger partial charge in [-0.15, -0.1) is 0 Å². The fraction of sp³-hybridized carbons (Fsp3) is 0. The van der Waals surface area contributed by atoms with E-state index in [2.05, 4.69) is 10.3 Å². The quantitative estimate of drug-likeness (QED) is 0.777. The molecule has 3 aromatic rings. The van der Waals surface area contributed by atoms with E-state index in [0.29, 0.717) is 5.69 Å². The molecule has 0 saturated heterocycles. The molecule has 2 N–H and O–H groups in total. The van der Waals surface area contributed by atoms with Crippen LogP contribution >= 0.6 is 0 Å². The third kappa shape index (κ3) is 2.64. The van der Waals surface area contributed by atoms with E-state index >= 15 is 0 Å². The van der Waals surface area contributed by atoms with Gasteiger partial charge in [-0.25, -0.2) is 4.79 Å². The van der Waals surface area contributed by atoms with Crippen molar-refractivity contribution in [2.75, 3.05) is 5.32 Å². The van der Waals surface area contributed by atoms with Crippen molar-refractivity contribution in [3.8, 4) is 0 Å². The van der Waals surface area contributed by atoms with Crippen molar-refractivity contribution in [3.63, 3.8) is 0 Å². The van der Waals surface area contributed by atoms with Crippen molar-refractivity contribution in [1.29, 1.82) is 0 Å². The minimum Gasteiger partial charge on any atom is -0.478 e. The zero-order valence-corrected chi connectivity index (χ0v) is 11.5. The summed E-state index contributed by atoms with van der Waals surface area (Å²) >= 11 is 0. The highest BCUT2D eigenvalue weighted by Crippen LogP contribution is 2.20. The number of fused-ring (bicyclic) bond motifs is 1. The Morgan fingerprint density at radius 2 is 1.73 bits per heavy atom. The summed E-state index contributed by atoms with van der Waals surface area (Å²) in [5, 5.41) is 13.9. The van der Waals surface area contributed by atoms with Crippen LogP contribution in [0.3, 0.4) is 0 Å². The first-order valence-corrected chi connectivity index (χ1v) is 6.62. The van der Waals surface area contributed by atoms with Crippen LogP contribution in [0.4, 0.5) is 5.69 Å². The number of anilines is 1. The smallest absolute Gasteiger partial charge is 0.338 e. The fourth-order valence-corrected chi connectivity index (χ4v) is 2.23. The molecule has 108 valence electrons. The molecule has 0 spiro atoms. The standard InChI is InChI=1S/C17H12N2O3/c20-16(14-7-8-18-10-15(14)17(21)22)19-13-6-5-11-3-1-2-4-12(11)9-13/h1-10H,(H,19,20)(H,21,22). The summed E-state index contributed by atoms with van der Waals surface area (Å²) in [6.45, 7) is 0. The number of rotatable bonds is 3. The first-order chi connectivity index (χ1) is 10.6. The van der Waals surface area contributed by atoms with Crippen LogP contribution in [0, 0.1) is 0 Å². The van der Waals surface area contributed by atoms with E-state index in [0.717, 1.165) is 17.0 Å². The second-order valence-electron chi connectivity index (χ2n) is 4.74. The number of carboxylic acid groups (broad SMARTS) is 1. The molecule has 1 heterocycles. The highest BCUT2D eigenvalue weighted by molar-refractivity contribution is 6.10. The maximum atomic E-state index is 12.3. The molecule has 1 aromatic heterocycles. The molecule has 0 aliphatic rings. The number of amides is 1. The maximum Gasteiger partial charge on any atom is 0.338 e. The molecule has 5 nitrogen and oxygen atoms in total. The van der Waals surface area contributed by atoms with Gasteiger partial charge in [0.05, 0.1) is 11.1 Å². The molecule has 0 aliphatic carbocycles. The Morgan fingerprint density at radius 1 is 0.955 bits per heavy atom. The summed E-state index contributed by atoms with van der Waals surface area (Å²) in [6.07, 6.45) is 2.55. The number of benzene rings is 2. The lowest BCUT2D eigenvalue weighted by molar-refractivity contribution is 0.0692. The van der Waals surface area contributed by atoms with Gasteiger partial charge in [-0.2, -0.15) is 0 Å². The molecule has 0 unspecified atom stereocenters. The van der Waals surface area contributed by atoms with Crippen molar-refractivity contribution < 1.29 is 14.7 Å². The van der Waals surface area contributed by atoms with E-state index in [4.69, 9.17) is 5.11 Å². The van der Waals surface area contributed by atoms with E-state index < -0.39 is 11.9 Å². The molecule has 1 amide bonds. The molecular formula is C17H12N2O3. The highest BCUT2D eigenvalue weighted by Gasteiger charge is 2.16. The molecule has 0 saturated carbocycles. The Balaban J connectivity index is 1.91. The first-order valence-electron chi connectivity index (χ1n) is 6.62. The van der Waals surface area contributed by atoms with E-state index in [1.165, 1.54) is 12.3 Å². The third-order valence-electron chi connectivity index (χ3n) is 3.30. The molecule has 22 heavy (non-hydrogen) atoms. The van der Waals surface area contributed by atoms with Gasteiger partial charge in [-0.05, 0) is 29.0 Å². The van der Waals surface area contributed by atoms with Crippen LogP contribution in [-0.2, 0) is 0 Å². The predicted molar refractivity (Wildman–Crippen MR) is 83.1 cm³/mol. The minimum absolute atomic E-state index is 0.0793. The number of hydrogen-bond acceptors (Lipinski definition) is 3. The lowest BCUT2D eigenvalue weighted by Crippen LogP contribution is -2.16. The summed E-state index contributed by atoms with van der Waals surface area (Å²) in [7, 11) is 0. The van der Waals surface area contributed by atoms with Gasteiger partial charge in [-0.3, -0.25) is 9.78 Å². The van der Waals surface area contributed by atoms with Gasteiger partial charge in [0.25, 0.3) is 5.91 Å². The van der Waals surface area contributed by atoms with Crippen molar-refractivity contribution in [1.82, 2.24) is 4.98 Å². The molecule has 0 aliphatic heterocycles. The Labute approximate surface area is 126 Å². The molecule has 0 radical (unpaired) electrons. The zero-order chi connectivity index (χ0) is 15.5. The SMILES string of the molecule is O=C(O)c1cnccc1C(=O)Nc1ccc2ccccc2c1. The number of carbonyl (C=O) groups excluding carboxylic acids is 1. The van der Waals surface area contributed by atoms with Crippen LogP contribution in [0.5, 0.6) is 0 Å². The molecule has 5 heteroatoms. The molecule has 3 rings (SSSR count). The Bertz CT molecular complexity index is 874. The second-order valence-corrected chi connectivity index (χ2v) is 4.74. The van der Waals surface area contributed by atoms with Crippen molar-refractivity contribution in [3.05, 3.63) is 72.1 Å². The Morgan fingerprint density at radius 3 is 2.50 bits per heavy atom. The maximum absolute atomic E-state index is 12.3. The number of hydrogen-bond donors (Lipinski definition) is 2. The van der Waals surface area contributed by atoms with Crippen LogP contribution in [0.25, 0.3) is 10.8 Å². The van der Waals surface area contributed by atoms with Crippen LogP contribution in [0.15, 0.2) is 60.9 Å². The van der Waals surface area contributed by atoms with Gasteiger partial charge in [0, 0.05) is 18.1 Å². The predicted octanol–water partition coefficient (Wildman–Crippen LogP) is 3.19. The van der Waals surface area contributed by atoms with Crippen molar-refractivity contribution in [2.45, 2.75) is 0 Å². The normalized spacial score (nSPS) is 10.4. The lowest BCUT2D eigenvalue weighted by Gasteiger charge is -2.08. The van der Waals surface area contributed by atoms with Crippen molar-refractivity contribution >= 4 is 28.3 Å². The molecule has 0 bridgehead atoms. The van der Waals surface area contributed by atoms with Gasteiger partial charge in [0.15, 0.2) is 0 Å². The number of nitrogens with one attached hydrogen (secondary N) is 1. The van der Waals surface area contributed by atoms with Crippen LogP contribution in [0.2, 0.25) is 0 Å². The molecule has 0 fully saturated rings. The van der Waals surface area contributed by atoms with E-state index in [1.807, 2.05) is 36.4 Å². The van der Waals surface area contributed by atoms with E-state index in [-0.39, 0.29) is 11.1 Å². The molecule has 0 atom stereocenters. The number of carboxylic acids is 1. The average Bonchev–Trinajstić information content (AvgIpc) is 2.54. The Kier molecular flexibility index (Phi) is 3.53. The topological polar surface area (TPSA) is 79.3 Å². The number of nitrogens with zero attached hydrogens (tertiary/aromatic N) is 1. The Hall–Kier alpha value is -3.21. The lowest BCUT2D eigenvalue weighted by atomic mass is 10.1. The zero-order valence-electron chi connectivity index (χ0n) is 11.5. The largest absolute Gasteiger partial charge is 0.478 e. The number of aromatic nitrogens is 1. The third-order valence-corrected chi connectivity index (χ3v) is 3.30. The molecular weight excluding hydrogens is 280 g/mol. The van der Waals surface area contributed by atoms with Crippen molar-refractivity contribution in [2.24, 2.45) is 0 Å². The number of aromatic carboxylic acids is 1. The summed E-state index contributed by atoms with van der Waals surface area (Å²) in [4.78, 5) is 27.1. The van der Waals surface area contributed by atoms with Gasteiger partial charge >= 0.3 is 5.97 Å². The average molecular weight is 292 g/mol. The number of pyridine rings is 1. The van der Waals surface area contributed by atoms with Crippen LogP contribution in [-0.4, -0.2) is 22.0 Å². The fourth-order valence-electron chi connectivity index (χ4n) is 2.23. The van der Waals surface area contributed by atoms with Gasteiger partial charge in [-0.1, -0.05) is 30.3 Å². The summed E-state index contributed by atoms with van der Waals surface area (Å²) in [5.74, 6) is -1.66.